The Balaban J connectivity index is 1.53. The lowest BCUT2D eigenvalue weighted by Crippen LogP contribution is -2.48. The molecular formula is C20H27N3O2S2. The van der Waals surface area contributed by atoms with Crippen LogP contribution in [0.3, 0.4) is 0 Å². The van der Waals surface area contributed by atoms with Gasteiger partial charge in [0.15, 0.2) is 5.16 Å². The van der Waals surface area contributed by atoms with Gasteiger partial charge in [0.1, 0.15) is 4.83 Å². The van der Waals surface area contributed by atoms with Gasteiger partial charge in [0.2, 0.25) is 5.91 Å². The first-order chi connectivity index (χ1) is 12.9. The number of fused-ring (bicyclic) bond motifs is 3. The summed E-state index contributed by atoms with van der Waals surface area (Å²) < 4.78 is 0. The second kappa shape index (κ2) is 7.59. The van der Waals surface area contributed by atoms with Gasteiger partial charge >= 0.3 is 0 Å². The maximum absolute atomic E-state index is 12.7. The van der Waals surface area contributed by atoms with Gasteiger partial charge in [0.25, 0.3) is 5.56 Å². The van der Waals surface area contributed by atoms with Crippen molar-refractivity contribution in [1.29, 1.82) is 0 Å². The lowest BCUT2D eigenvalue weighted by atomic mass is 9.89. The molecule has 0 saturated carbocycles. The number of nitrogens with one attached hydrogen (secondary N) is 1. The molecule has 2 aliphatic rings. The van der Waals surface area contributed by atoms with Gasteiger partial charge in [0, 0.05) is 17.0 Å². The van der Waals surface area contributed by atoms with Crippen molar-refractivity contribution in [2.24, 2.45) is 5.92 Å². The minimum atomic E-state index is -0.0540. The van der Waals surface area contributed by atoms with E-state index < -0.39 is 0 Å². The van der Waals surface area contributed by atoms with E-state index in [1.807, 2.05) is 4.90 Å². The van der Waals surface area contributed by atoms with Crippen LogP contribution in [-0.4, -0.2) is 38.6 Å². The van der Waals surface area contributed by atoms with Crippen LogP contribution in [0.5, 0.6) is 0 Å². The largest absolute Gasteiger partial charge is 0.337 e. The number of piperidine rings is 1. The van der Waals surface area contributed by atoms with E-state index in [1.54, 1.807) is 11.3 Å². The molecule has 0 aromatic carbocycles. The molecule has 1 N–H and O–H groups in total. The molecule has 5 nitrogen and oxygen atoms in total. The molecule has 3 atom stereocenters. The van der Waals surface area contributed by atoms with E-state index >= 15 is 0 Å². The van der Waals surface area contributed by atoms with Crippen LogP contribution in [0.1, 0.15) is 56.9 Å². The Morgan fingerprint density at radius 1 is 1.26 bits per heavy atom. The van der Waals surface area contributed by atoms with Crippen molar-refractivity contribution < 1.29 is 4.79 Å². The number of nitrogens with zero attached hydrogens (tertiary/aromatic N) is 2. The highest BCUT2D eigenvalue weighted by Crippen LogP contribution is 2.36. The van der Waals surface area contributed by atoms with Crippen LogP contribution in [0, 0.1) is 5.92 Å². The maximum Gasteiger partial charge on any atom is 0.260 e. The van der Waals surface area contributed by atoms with Crippen molar-refractivity contribution in [3.05, 3.63) is 20.8 Å². The second-order valence-corrected chi connectivity index (χ2v) is 10.2. The molecule has 3 heterocycles. The minimum Gasteiger partial charge on any atom is -0.337 e. The van der Waals surface area contributed by atoms with Crippen molar-refractivity contribution in [1.82, 2.24) is 14.9 Å². The van der Waals surface area contributed by atoms with Crippen molar-refractivity contribution >= 4 is 39.2 Å². The third-order valence-electron chi connectivity index (χ3n) is 5.96. The van der Waals surface area contributed by atoms with Crippen LogP contribution in [0.2, 0.25) is 0 Å². The minimum absolute atomic E-state index is 0.0540. The van der Waals surface area contributed by atoms with Gasteiger partial charge in [-0.05, 0) is 63.9 Å². The number of thioether (sulfide) groups is 1. The Labute approximate surface area is 167 Å². The molecule has 2 aromatic heterocycles. The number of carbonyl (C=O) groups excluding carboxylic acids is 1. The summed E-state index contributed by atoms with van der Waals surface area (Å²) in [6.07, 6.45) is 6.47. The van der Waals surface area contributed by atoms with Crippen LogP contribution in [-0.2, 0) is 17.6 Å². The summed E-state index contributed by atoms with van der Waals surface area (Å²) in [6.45, 7) is 6.52. The second-order valence-electron chi connectivity index (χ2n) is 8.12. The fourth-order valence-electron chi connectivity index (χ4n) is 4.51. The SMILES string of the molecule is C[C@@H]1CCc2c(sc3nc(SCC(=O)N4[C@@H](C)CCC[C@@H]4C)[nH]c(=O)c23)C1. The van der Waals surface area contributed by atoms with Crippen molar-refractivity contribution in [3.8, 4) is 0 Å². The molecule has 1 aliphatic heterocycles. The molecule has 1 fully saturated rings. The van der Waals surface area contributed by atoms with Crippen molar-refractivity contribution in [3.63, 3.8) is 0 Å². The number of rotatable bonds is 3. The number of likely N-dealkylation sites (tertiary alicyclic amines) is 1. The van der Waals surface area contributed by atoms with E-state index in [2.05, 4.69) is 30.7 Å². The lowest BCUT2D eigenvalue weighted by Gasteiger charge is -2.39. The first-order valence-corrected chi connectivity index (χ1v) is 11.7. The molecule has 1 aliphatic carbocycles. The normalized spacial score (nSPS) is 25.6. The Morgan fingerprint density at radius 3 is 2.74 bits per heavy atom. The Kier molecular flexibility index (Phi) is 5.34. The van der Waals surface area contributed by atoms with Gasteiger partial charge in [0.05, 0.1) is 11.1 Å². The van der Waals surface area contributed by atoms with Gasteiger partial charge in [-0.1, -0.05) is 18.7 Å². The Bertz CT molecular complexity index is 910. The quantitative estimate of drug-likeness (QED) is 0.619. The molecule has 0 radical (unpaired) electrons. The van der Waals surface area contributed by atoms with E-state index in [0.29, 0.717) is 28.9 Å². The number of aromatic nitrogens is 2. The number of aromatic amines is 1. The van der Waals surface area contributed by atoms with Crippen LogP contribution in [0.4, 0.5) is 0 Å². The molecule has 1 saturated heterocycles. The molecule has 0 bridgehead atoms. The summed E-state index contributed by atoms with van der Waals surface area (Å²) in [5.74, 6) is 1.14. The van der Waals surface area contributed by atoms with Crippen molar-refractivity contribution in [2.75, 3.05) is 5.75 Å². The summed E-state index contributed by atoms with van der Waals surface area (Å²) in [5, 5.41) is 1.33. The predicted octanol–water partition coefficient (Wildman–Crippen LogP) is 3.99. The average Bonchev–Trinajstić information content (AvgIpc) is 2.97. The fraction of sp³-hybridized carbons (Fsp3) is 0.650. The van der Waals surface area contributed by atoms with Crippen LogP contribution in [0.25, 0.3) is 10.2 Å². The monoisotopic (exact) mass is 405 g/mol. The smallest absolute Gasteiger partial charge is 0.260 e. The zero-order valence-electron chi connectivity index (χ0n) is 16.2. The number of H-pyrrole nitrogens is 1. The Morgan fingerprint density at radius 2 is 2.00 bits per heavy atom. The zero-order chi connectivity index (χ0) is 19.1. The first kappa shape index (κ1) is 19.0. The van der Waals surface area contributed by atoms with Gasteiger partial charge in [-0.25, -0.2) is 4.98 Å². The van der Waals surface area contributed by atoms with E-state index in [4.69, 9.17) is 0 Å². The van der Waals surface area contributed by atoms with Gasteiger partial charge in [-0.15, -0.1) is 11.3 Å². The summed E-state index contributed by atoms with van der Waals surface area (Å²) in [5.41, 5.74) is 1.15. The third kappa shape index (κ3) is 3.68. The average molecular weight is 406 g/mol. The van der Waals surface area contributed by atoms with Gasteiger partial charge in [-0.3, -0.25) is 9.59 Å². The zero-order valence-corrected chi connectivity index (χ0v) is 17.8. The molecule has 0 spiro atoms. The highest BCUT2D eigenvalue weighted by molar-refractivity contribution is 7.99. The predicted molar refractivity (Wildman–Crippen MR) is 112 cm³/mol. The lowest BCUT2D eigenvalue weighted by molar-refractivity contribution is -0.134. The van der Waals surface area contributed by atoms with Crippen LogP contribution >= 0.6 is 23.1 Å². The van der Waals surface area contributed by atoms with Crippen molar-refractivity contribution in [2.45, 2.75) is 76.5 Å². The number of hydrogen-bond acceptors (Lipinski definition) is 5. The first-order valence-electron chi connectivity index (χ1n) is 9.92. The molecule has 27 heavy (non-hydrogen) atoms. The molecule has 4 rings (SSSR count). The summed E-state index contributed by atoms with van der Waals surface area (Å²) >= 11 is 3.01. The van der Waals surface area contributed by atoms with E-state index in [1.165, 1.54) is 28.6 Å². The number of carbonyl (C=O) groups is 1. The standard InChI is InChI=1S/C20H27N3O2S2/c1-11-7-8-14-15(9-11)27-19-17(14)18(25)21-20(22-19)26-10-16(24)23-12(2)5-4-6-13(23)3/h11-13H,4-10H2,1-3H3,(H,21,22,25)/t11-,12+,13+/m1/s1. The molecular weight excluding hydrogens is 378 g/mol. The molecule has 2 aromatic rings. The number of hydrogen-bond donors (Lipinski definition) is 1. The molecule has 146 valence electrons. The summed E-state index contributed by atoms with van der Waals surface area (Å²) in [4.78, 5) is 37.1. The van der Waals surface area contributed by atoms with Crippen LogP contribution in [0.15, 0.2) is 9.95 Å². The third-order valence-corrected chi connectivity index (χ3v) is 7.96. The fourth-order valence-corrected chi connectivity index (χ4v) is 6.69. The number of thiophene rings is 1. The van der Waals surface area contributed by atoms with E-state index in [-0.39, 0.29) is 11.5 Å². The number of amides is 1. The topological polar surface area (TPSA) is 66.1 Å². The maximum atomic E-state index is 12.7. The van der Waals surface area contributed by atoms with Crippen LogP contribution < -0.4 is 5.56 Å². The van der Waals surface area contributed by atoms with E-state index in [9.17, 15) is 9.59 Å². The van der Waals surface area contributed by atoms with Gasteiger partial charge < -0.3 is 9.88 Å². The highest BCUT2D eigenvalue weighted by atomic mass is 32.2. The highest BCUT2D eigenvalue weighted by Gasteiger charge is 2.29. The summed E-state index contributed by atoms with van der Waals surface area (Å²) in [7, 11) is 0. The molecule has 7 heteroatoms. The number of aryl methyl sites for hydroxylation is 1. The summed E-state index contributed by atoms with van der Waals surface area (Å²) in [6, 6.07) is 0.588. The van der Waals surface area contributed by atoms with E-state index in [0.717, 1.165) is 42.3 Å². The van der Waals surface area contributed by atoms with Gasteiger partial charge in [-0.2, -0.15) is 0 Å². The molecule has 1 amide bonds. The molecule has 0 unspecified atom stereocenters. The Hall–Kier alpha value is -1.34.